The van der Waals surface area contributed by atoms with E-state index in [2.05, 4.69) is 6.92 Å². The fourth-order valence-corrected chi connectivity index (χ4v) is 2.15. The van der Waals surface area contributed by atoms with Crippen LogP contribution in [-0.2, 0) is 12.6 Å². The van der Waals surface area contributed by atoms with E-state index in [0.29, 0.717) is 0 Å². The minimum Gasteiger partial charge on any atom is -0.793 e. The first-order chi connectivity index (χ1) is 7.41. The van der Waals surface area contributed by atoms with Gasteiger partial charge in [-0.1, -0.05) is 84.0 Å². The Labute approximate surface area is 152 Å². The van der Waals surface area contributed by atoms with Gasteiger partial charge in [0.15, 0.2) is 0 Å². The van der Waals surface area contributed by atoms with Gasteiger partial charge in [0.05, 0.1) is 0 Å². The van der Waals surface area contributed by atoms with Crippen LogP contribution in [0.4, 0.5) is 0 Å². The second-order valence-electron chi connectivity index (χ2n) is 4.59. The normalized spacial score (nSPS) is 10.1. The quantitative estimate of drug-likeness (QED) is 0.297. The zero-order valence-corrected chi connectivity index (χ0v) is 15.5. The van der Waals surface area contributed by atoms with Gasteiger partial charge in [-0.25, -0.2) is 0 Å². The molecule has 0 bridgehead atoms. The number of hydrogen-bond acceptors (Lipinski definition) is 1. The molecule has 0 aliphatic heterocycles. The first kappa shape index (κ1) is 20.3. The van der Waals surface area contributed by atoms with Crippen molar-refractivity contribution in [1.82, 2.24) is 0 Å². The Morgan fingerprint density at radius 1 is 0.562 bits per heavy atom. The molecule has 2 heteroatoms. The second kappa shape index (κ2) is 19.3. The maximum absolute atomic E-state index is 4.92. The zero-order valence-electron chi connectivity index (χ0n) is 11.6. The minimum absolute atomic E-state index is 0. The molecule has 0 aliphatic carbocycles. The summed E-state index contributed by atoms with van der Waals surface area (Å²) in [5, 5.41) is 0. The molecule has 0 saturated carbocycles. The van der Waals surface area contributed by atoms with Crippen molar-refractivity contribution in [3.8, 4) is 0 Å². The minimum atomic E-state index is 0. The second-order valence-corrected chi connectivity index (χ2v) is 5.00. The summed E-state index contributed by atoms with van der Waals surface area (Å²) in [4.78, 5) is 0. The van der Waals surface area contributed by atoms with Gasteiger partial charge in [0.2, 0.25) is 0 Å². The van der Waals surface area contributed by atoms with E-state index < -0.39 is 0 Å². The molecular formula is C14H29KS. The molecule has 0 saturated heterocycles. The molecule has 0 amide bonds. The van der Waals surface area contributed by atoms with Crippen molar-refractivity contribution < 1.29 is 51.4 Å². The Bertz CT molecular complexity index is 94.9. The molecule has 0 heterocycles. The molecule has 92 valence electrons. The average molecular weight is 269 g/mol. The van der Waals surface area contributed by atoms with Crippen LogP contribution in [0.1, 0.15) is 84.0 Å². The third kappa shape index (κ3) is 18.4. The third-order valence-corrected chi connectivity index (χ3v) is 3.29. The molecule has 0 rings (SSSR count). The molecule has 0 aliphatic rings. The fourth-order valence-electron chi connectivity index (χ4n) is 1.94. The van der Waals surface area contributed by atoms with Gasteiger partial charge in [-0.15, -0.1) is 0 Å². The maximum Gasteiger partial charge on any atom is 1.00 e. The van der Waals surface area contributed by atoms with E-state index in [9.17, 15) is 0 Å². The van der Waals surface area contributed by atoms with Crippen LogP contribution in [0.3, 0.4) is 0 Å². The van der Waals surface area contributed by atoms with Gasteiger partial charge in [0, 0.05) is 0 Å². The largest absolute Gasteiger partial charge is 1.00 e. The zero-order chi connectivity index (χ0) is 11.2. The molecule has 0 N–H and O–H groups in total. The van der Waals surface area contributed by atoms with E-state index in [4.69, 9.17) is 12.6 Å². The molecule has 0 unspecified atom stereocenters. The van der Waals surface area contributed by atoms with Crippen LogP contribution in [0, 0.1) is 0 Å². The summed E-state index contributed by atoms with van der Waals surface area (Å²) in [5.41, 5.74) is 0. The standard InChI is InChI=1S/C14H30S.K/c1-2-3-4-5-6-7-8-9-10-11-12-13-14-15;/h15H,2-14H2,1H3;/q;+1/p-1. The summed E-state index contributed by atoms with van der Waals surface area (Å²) in [6.45, 7) is 2.28. The van der Waals surface area contributed by atoms with Crippen molar-refractivity contribution in [3.05, 3.63) is 0 Å². The van der Waals surface area contributed by atoms with Gasteiger partial charge < -0.3 is 12.6 Å². The van der Waals surface area contributed by atoms with Crippen LogP contribution in [0.25, 0.3) is 0 Å². The molecule has 0 nitrogen and oxygen atoms in total. The monoisotopic (exact) mass is 268 g/mol. The van der Waals surface area contributed by atoms with Crippen molar-refractivity contribution in [2.75, 3.05) is 5.75 Å². The van der Waals surface area contributed by atoms with Gasteiger partial charge in [-0.05, 0) is 0 Å². The van der Waals surface area contributed by atoms with Gasteiger partial charge in [-0.3, -0.25) is 0 Å². The summed E-state index contributed by atoms with van der Waals surface area (Å²) >= 11 is 4.92. The first-order valence-electron chi connectivity index (χ1n) is 7.00. The summed E-state index contributed by atoms with van der Waals surface area (Å²) in [6, 6.07) is 0. The smallest absolute Gasteiger partial charge is 0.793 e. The average Bonchev–Trinajstić information content (AvgIpc) is 2.26. The van der Waals surface area contributed by atoms with Crippen LogP contribution >= 0.6 is 0 Å². The summed E-state index contributed by atoms with van der Waals surface area (Å²) < 4.78 is 0. The SMILES string of the molecule is CCCCCCCCCCCCCC[S-].[K+]. The molecule has 0 radical (unpaired) electrons. The Morgan fingerprint density at radius 3 is 1.19 bits per heavy atom. The van der Waals surface area contributed by atoms with E-state index in [-0.39, 0.29) is 51.4 Å². The fraction of sp³-hybridized carbons (Fsp3) is 1.00. The van der Waals surface area contributed by atoms with E-state index in [1.54, 1.807) is 0 Å². The van der Waals surface area contributed by atoms with Gasteiger partial charge in [0.25, 0.3) is 0 Å². The van der Waals surface area contributed by atoms with Crippen LogP contribution in [0.15, 0.2) is 0 Å². The predicted octanol–water partition coefficient (Wildman–Crippen LogP) is 2.24. The molecule has 16 heavy (non-hydrogen) atoms. The summed E-state index contributed by atoms with van der Waals surface area (Å²) in [6.07, 6.45) is 17.0. The third-order valence-electron chi connectivity index (χ3n) is 3.00. The van der Waals surface area contributed by atoms with E-state index >= 15 is 0 Å². The maximum atomic E-state index is 4.92. The molecular weight excluding hydrogens is 239 g/mol. The van der Waals surface area contributed by atoms with Crippen LogP contribution in [-0.4, -0.2) is 5.75 Å². The number of unbranched alkanes of at least 4 members (excludes halogenated alkanes) is 11. The molecule has 0 fully saturated rings. The predicted molar refractivity (Wildman–Crippen MR) is 73.3 cm³/mol. The Balaban J connectivity index is 0. The van der Waals surface area contributed by atoms with Crippen molar-refractivity contribution in [2.45, 2.75) is 84.0 Å². The van der Waals surface area contributed by atoms with E-state index in [0.717, 1.165) is 5.75 Å². The topological polar surface area (TPSA) is 0 Å². The Morgan fingerprint density at radius 2 is 0.875 bits per heavy atom. The van der Waals surface area contributed by atoms with E-state index in [1.165, 1.54) is 77.0 Å². The summed E-state index contributed by atoms with van der Waals surface area (Å²) in [7, 11) is 0. The van der Waals surface area contributed by atoms with Crippen molar-refractivity contribution in [1.29, 1.82) is 0 Å². The molecule has 0 aromatic carbocycles. The van der Waals surface area contributed by atoms with Crippen LogP contribution < -0.4 is 51.4 Å². The molecule has 0 atom stereocenters. The molecule has 0 spiro atoms. The van der Waals surface area contributed by atoms with Gasteiger partial charge in [0.1, 0.15) is 0 Å². The van der Waals surface area contributed by atoms with Crippen molar-refractivity contribution in [3.63, 3.8) is 0 Å². The number of hydrogen-bond donors (Lipinski definition) is 0. The van der Waals surface area contributed by atoms with Gasteiger partial charge >= 0.3 is 51.4 Å². The first-order valence-corrected chi connectivity index (χ1v) is 7.57. The molecule has 0 aromatic rings. The number of rotatable bonds is 12. The van der Waals surface area contributed by atoms with Crippen molar-refractivity contribution in [2.24, 2.45) is 0 Å². The Kier molecular flexibility index (Phi) is 24.5. The van der Waals surface area contributed by atoms with Gasteiger partial charge in [-0.2, -0.15) is 5.75 Å². The van der Waals surface area contributed by atoms with E-state index in [1.807, 2.05) is 0 Å². The molecule has 0 aromatic heterocycles. The summed E-state index contributed by atoms with van der Waals surface area (Å²) in [5.74, 6) is 0.956. The van der Waals surface area contributed by atoms with Crippen LogP contribution in [0.5, 0.6) is 0 Å². The Hall–Kier alpha value is 1.99. The van der Waals surface area contributed by atoms with Crippen LogP contribution in [0.2, 0.25) is 0 Å². The van der Waals surface area contributed by atoms with Crippen molar-refractivity contribution >= 4 is 12.6 Å².